The summed E-state index contributed by atoms with van der Waals surface area (Å²) in [6, 6.07) is 0. The van der Waals surface area contributed by atoms with E-state index in [1.54, 1.807) is 0 Å². The summed E-state index contributed by atoms with van der Waals surface area (Å²) in [5.74, 6) is -0.0844. The molecule has 0 aromatic heterocycles. The molecular weight excluding hydrogens is 556 g/mol. The summed E-state index contributed by atoms with van der Waals surface area (Å²) in [7, 11) is 0. The Balaban J connectivity index is 4.81. The molecule has 0 rings (SSSR count). The maximum Gasteiger partial charge on any atom is 0.308 e. The molecule has 0 bridgehead atoms. The summed E-state index contributed by atoms with van der Waals surface area (Å²) in [5.41, 5.74) is -0.388. The summed E-state index contributed by atoms with van der Waals surface area (Å²) in [6.45, 7) is 13.7. The van der Waals surface area contributed by atoms with Crippen LogP contribution in [-0.2, 0) is 19.1 Å². The van der Waals surface area contributed by atoms with Gasteiger partial charge < -0.3 is 9.47 Å². The summed E-state index contributed by atoms with van der Waals surface area (Å²) in [5, 5.41) is 0. The van der Waals surface area contributed by atoms with Crippen molar-refractivity contribution in [3.63, 3.8) is 0 Å². The van der Waals surface area contributed by atoms with Crippen molar-refractivity contribution in [1.29, 1.82) is 0 Å². The molecule has 45 heavy (non-hydrogen) atoms. The molecule has 0 aromatic rings. The first kappa shape index (κ1) is 43.9. The number of ether oxygens (including phenoxy) is 2. The third-order valence-electron chi connectivity index (χ3n) is 9.50. The van der Waals surface area contributed by atoms with Crippen molar-refractivity contribution in [3.8, 4) is 0 Å². The molecule has 0 saturated heterocycles. The van der Waals surface area contributed by atoms with Gasteiger partial charge in [-0.05, 0) is 25.7 Å². The highest BCUT2D eigenvalue weighted by Gasteiger charge is 2.28. The van der Waals surface area contributed by atoms with Crippen LogP contribution in [0.2, 0.25) is 0 Å². The Morgan fingerprint density at radius 2 is 0.622 bits per heavy atom. The van der Waals surface area contributed by atoms with Gasteiger partial charge >= 0.3 is 11.9 Å². The lowest BCUT2D eigenvalue weighted by Crippen LogP contribution is -2.31. The van der Waals surface area contributed by atoms with Crippen LogP contribution < -0.4 is 0 Å². The maximum absolute atomic E-state index is 13.3. The Kier molecular flexibility index (Phi) is 30.8. The largest absolute Gasteiger partial charge is 0.465 e. The topological polar surface area (TPSA) is 52.6 Å². The van der Waals surface area contributed by atoms with Gasteiger partial charge in [0, 0.05) is 5.41 Å². The quantitative estimate of drug-likeness (QED) is 0.0521. The molecule has 0 heterocycles. The van der Waals surface area contributed by atoms with Crippen LogP contribution in [-0.4, -0.2) is 25.2 Å². The second-order valence-electron chi connectivity index (χ2n) is 15.0. The van der Waals surface area contributed by atoms with E-state index in [0.717, 1.165) is 51.4 Å². The normalized spacial score (nSPS) is 13.1. The zero-order valence-corrected chi connectivity index (χ0v) is 31.5. The number of carbonyl (C=O) groups excluding carboxylic acids is 2. The highest BCUT2D eigenvalue weighted by molar-refractivity contribution is 5.73. The molecule has 268 valence electrons. The molecule has 0 aliphatic carbocycles. The van der Waals surface area contributed by atoms with Crippen molar-refractivity contribution in [1.82, 2.24) is 0 Å². The number of hydrogen-bond donors (Lipinski definition) is 0. The van der Waals surface area contributed by atoms with Crippen molar-refractivity contribution in [2.24, 2.45) is 17.3 Å². The Bertz CT molecular complexity index is 604. The van der Waals surface area contributed by atoms with Crippen LogP contribution in [0.3, 0.4) is 0 Å². The number of hydrogen-bond acceptors (Lipinski definition) is 4. The minimum atomic E-state index is -0.388. The molecule has 0 amide bonds. The number of carbonyl (C=O) groups is 2. The molecule has 0 spiro atoms. The van der Waals surface area contributed by atoms with E-state index in [-0.39, 0.29) is 29.2 Å². The fourth-order valence-corrected chi connectivity index (χ4v) is 6.25. The third-order valence-corrected chi connectivity index (χ3v) is 9.50. The minimum absolute atomic E-state index is 0.000296. The van der Waals surface area contributed by atoms with E-state index in [9.17, 15) is 9.59 Å². The Labute approximate surface area is 282 Å². The number of rotatable bonds is 34. The molecular formula is C41H80O4. The van der Waals surface area contributed by atoms with E-state index < -0.39 is 0 Å². The predicted octanol–water partition coefficient (Wildman–Crippen LogP) is 13.3. The van der Waals surface area contributed by atoms with Crippen LogP contribution in [0.4, 0.5) is 0 Å². The smallest absolute Gasteiger partial charge is 0.308 e. The highest BCUT2D eigenvalue weighted by Crippen LogP contribution is 2.25. The van der Waals surface area contributed by atoms with Gasteiger partial charge in [-0.2, -0.15) is 0 Å². The van der Waals surface area contributed by atoms with Gasteiger partial charge in [-0.3, -0.25) is 9.59 Å². The van der Waals surface area contributed by atoms with Gasteiger partial charge in [0.25, 0.3) is 0 Å². The van der Waals surface area contributed by atoms with Crippen molar-refractivity contribution in [2.75, 3.05) is 13.2 Å². The van der Waals surface area contributed by atoms with Crippen LogP contribution in [0.1, 0.15) is 221 Å². The second kappa shape index (κ2) is 31.5. The monoisotopic (exact) mass is 637 g/mol. The first-order valence-corrected chi connectivity index (χ1v) is 20.1. The molecule has 4 heteroatoms. The van der Waals surface area contributed by atoms with Crippen LogP contribution >= 0.6 is 0 Å². The van der Waals surface area contributed by atoms with E-state index >= 15 is 0 Å². The zero-order valence-electron chi connectivity index (χ0n) is 31.5. The lowest BCUT2D eigenvalue weighted by molar-refractivity contribution is -0.158. The van der Waals surface area contributed by atoms with E-state index in [1.165, 1.54) is 128 Å². The zero-order chi connectivity index (χ0) is 33.4. The van der Waals surface area contributed by atoms with Gasteiger partial charge in [-0.15, -0.1) is 0 Å². The molecule has 0 saturated carbocycles. The number of unbranched alkanes of at least 4 members (excludes halogenated alkanes) is 20. The summed E-state index contributed by atoms with van der Waals surface area (Å²) < 4.78 is 11.9. The SMILES string of the molecule is CCCCCCCCCC(CCCCCCC)C(=O)OCC(C)(C)COC(=O)C(CCCCCCC)CCCCCCCCC. The molecule has 2 atom stereocenters. The predicted molar refractivity (Wildman–Crippen MR) is 195 cm³/mol. The first-order chi connectivity index (χ1) is 21.8. The summed E-state index contributed by atoms with van der Waals surface area (Å²) >= 11 is 0. The highest BCUT2D eigenvalue weighted by atomic mass is 16.5. The lowest BCUT2D eigenvalue weighted by atomic mass is 9.93. The van der Waals surface area contributed by atoms with Crippen LogP contribution in [0.25, 0.3) is 0 Å². The average molecular weight is 637 g/mol. The fraction of sp³-hybridized carbons (Fsp3) is 0.951. The molecule has 0 fully saturated rings. The van der Waals surface area contributed by atoms with Gasteiger partial charge in [-0.1, -0.05) is 196 Å². The van der Waals surface area contributed by atoms with Crippen molar-refractivity contribution < 1.29 is 19.1 Å². The lowest BCUT2D eigenvalue weighted by Gasteiger charge is -2.26. The van der Waals surface area contributed by atoms with E-state index in [1.807, 2.05) is 0 Å². The molecule has 0 N–H and O–H groups in total. The van der Waals surface area contributed by atoms with Gasteiger partial charge in [0.1, 0.15) is 0 Å². The average Bonchev–Trinajstić information content (AvgIpc) is 3.03. The van der Waals surface area contributed by atoms with Gasteiger partial charge in [0.15, 0.2) is 0 Å². The van der Waals surface area contributed by atoms with Gasteiger partial charge in [0.05, 0.1) is 25.0 Å². The molecule has 0 radical (unpaired) electrons. The summed E-state index contributed by atoms with van der Waals surface area (Å²) in [4.78, 5) is 26.5. The first-order valence-electron chi connectivity index (χ1n) is 20.1. The molecule has 2 unspecified atom stereocenters. The van der Waals surface area contributed by atoms with Crippen LogP contribution in [0, 0.1) is 17.3 Å². The minimum Gasteiger partial charge on any atom is -0.465 e. The maximum atomic E-state index is 13.3. The van der Waals surface area contributed by atoms with E-state index in [4.69, 9.17) is 9.47 Å². The molecule has 0 aliphatic heterocycles. The second-order valence-corrected chi connectivity index (χ2v) is 15.0. The number of esters is 2. The standard InChI is InChI=1S/C41H80O4/c1-7-11-15-19-21-25-29-33-37(31-27-23-17-13-9-3)39(42)44-35-41(5,6)36-45-40(43)38(32-28-24-18-14-10-4)34-30-26-22-20-16-12-8-2/h37-38H,7-36H2,1-6H3. The molecule has 0 aliphatic rings. The van der Waals surface area contributed by atoms with Crippen molar-refractivity contribution in [3.05, 3.63) is 0 Å². The van der Waals surface area contributed by atoms with E-state index in [2.05, 4.69) is 41.5 Å². The van der Waals surface area contributed by atoms with E-state index in [0.29, 0.717) is 13.2 Å². The Morgan fingerprint density at radius 1 is 0.400 bits per heavy atom. The third kappa shape index (κ3) is 27.7. The Morgan fingerprint density at radius 3 is 0.867 bits per heavy atom. The Hall–Kier alpha value is -1.06. The molecule has 4 nitrogen and oxygen atoms in total. The van der Waals surface area contributed by atoms with Crippen LogP contribution in [0.15, 0.2) is 0 Å². The fourth-order valence-electron chi connectivity index (χ4n) is 6.25. The van der Waals surface area contributed by atoms with Gasteiger partial charge in [-0.25, -0.2) is 0 Å². The van der Waals surface area contributed by atoms with Crippen LogP contribution in [0.5, 0.6) is 0 Å². The van der Waals surface area contributed by atoms with Crippen molar-refractivity contribution >= 4 is 11.9 Å². The van der Waals surface area contributed by atoms with Crippen molar-refractivity contribution in [2.45, 2.75) is 221 Å². The summed E-state index contributed by atoms with van der Waals surface area (Å²) in [6.07, 6.45) is 33.6. The molecule has 0 aromatic carbocycles. The van der Waals surface area contributed by atoms with Gasteiger partial charge in [0.2, 0.25) is 0 Å².